The monoisotopic (exact) mass is 290 g/mol. The molecule has 104 valence electrons. The second-order valence-corrected chi connectivity index (χ2v) is 6.26. The molecule has 0 aliphatic heterocycles. The molecule has 1 amide bonds. The van der Waals surface area contributed by atoms with Gasteiger partial charge in [0.2, 0.25) is 0 Å². The Morgan fingerprint density at radius 1 is 1.35 bits per heavy atom. The van der Waals surface area contributed by atoms with Gasteiger partial charge in [-0.15, -0.1) is 11.3 Å². The van der Waals surface area contributed by atoms with Crippen LogP contribution in [0.5, 0.6) is 0 Å². The molecule has 0 saturated heterocycles. The van der Waals surface area contributed by atoms with E-state index in [2.05, 4.69) is 4.99 Å². The van der Waals surface area contributed by atoms with E-state index in [-0.39, 0.29) is 17.6 Å². The molecule has 0 unspecified atom stereocenters. The van der Waals surface area contributed by atoms with E-state index in [4.69, 9.17) is 0 Å². The van der Waals surface area contributed by atoms with Crippen molar-refractivity contribution in [3.05, 3.63) is 46.0 Å². The van der Waals surface area contributed by atoms with E-state index in [9.17, 15) is 9.18 Å². The summed E-state index contributed by atoms with van der Waals surface area (Å²) in [4.78, 5) is 18.0. The quantitative estimate of drug-likeness (QED) is 0.836. The van der Waals surface area contributed by atoms with Gasteiger partial charge in [0, 0.05) is 22.7 Å². The summed E-state index contributed by atoms with van der Waals surface area (Å²) in [5.74, 6) is -0.210. The second kappa shape index (κ2) is 5.32. The maximum Gasteiger partial charge on any atom is 0.251 e. The number of nitrogens with zero attached hydrogens (tertiary/aromatic N) is 2. The van der Waals surface area contributed by atoms with Crippen LogP contribution in [-0.4, -0.2) is 10.5 Å². The molecular weight excluding hydrogens is 275 g/mol. The van der Waals surface area contributed by atoms with Crippen LogP contribution in [0.15, 0.2) is 35.5 Å². The lowest BCUT2D eigenvalue weighted by Gasteiger charge is -2.20. The van der Waals surface area contributed by atoms with E-state index in [1.54, 1.807) is 12.1 Å². The smallest absolute Gasteiger partial charge is 0.251 e. The van der Waals surface area contributed by atoms with Crippen LogP contribution in [0.2, 0.25) is 0 Å². The topological polar surface area (TPSA) is 34.4 Å². The number of rotatable bonds is 2. The molecule has 1 saturated carbocycles. The van der Waals surface area contributed by atoms with Crippen LogP contribution in [0.3, 0.4) is 0 Å². The van der Waals surface area contributed by atoms with Gasteiger partial charge >= 0.3 is 0 Å². The molecule has 1 aliphatic carbocycles. The zero-order valence-electron chi connectivity index (χ0n) is 11.2. The van der Waals surface area contributed by atoms with Crippen LogP contribution >= 0.6 is 11.3 Å². The first-order chi connectivity index (χ1) is 9.63. The summed E-state index contributed by atoms with van der Waals surface area (Å²) >= 11 is 1.48. The van der Waals surface area contributed by atoms with E-state index >= 15 is 0 Å². The van der Waals surface area contributed by atoms with Crippen LogP contribution in [0.1, 0.15) is 24.1 Å². The van der Waals surface area contributed by atoms with E-state index in [0.29, 0.717) is 4.80 Å². The number of amides is 1. The zero-order chi connectivity index (χ0) is 14.1. The van der Waals surface area contributed by atoms with Gasteiger partial charge in [-0.3, -0.25) is 9.36 Å². The van der Waals surface area contributed by atoms with Gasteiger partial charge in [-0.25, -0.2) is 4.39 Å². The molecule has 0 N–H and O–H groups in total. The summed E-state index contributed by atoms with van der Waals surface area (Å²) < 4.78 is 14.8. The molecule has 0 atom stereocenters. The van der Waals surface area contributed by atoms with Gasteiger partial charge < -0.3 is 0 Å². The Morgan fingerprint density at radius 2 is 2.05 bits per heavy atom. The Bertz CT molecular complexity index is 695. The van der Waals surface area contributed by atoms with Gasteiger partial charge in [-0.2, -0.15) is 4.99 Å². The molecule has 3 rings (SSSR count). The van der Waals surface area contributed by atoms with Crippen LogP contribution in [0.25, 0.3) is 5.69 Å². The predicted molar refractivity (Wildman–Crippen MR) is 76.3 cm³/mol. The summed E-state index contributed by atoms with van der Waals surface area (Å²) in [6, 6.07) is 6.20. The number of thiazole rings is 1. The normalized spacial score (nSPS) is 16.2. The Kier molecular flexibility index (Phi) is 3.53. The Morgan fingerprint density at radius 3 is 2.65 bits per heavy atom. The molecule has 1 aromatic carbocycles. The number of aryl methyl sites for hydroxylation is 1. The third-order valence-electron chi connectivity index (χ3n) is 3.53. The van der Waals surface area contributed by atoms with Crippen molar-refractivity contribution in [2.75, 3.05) is 0 Å². The highest BCUT2D eigenvalue weighted by atomic mass is 32.1. The summed E-state index contributed by atoms with van der Waals surface area (Å²) in [5, 5.41) is 0. The van der Waals surface area contributed by atoms with Gasteiger partial charge in [0.05, 0.1) is 0 Å². The molecule has 0 radical (unpaired) electrons. The van der Waals surface area contributed by atoms with Crippen LogP contribution in [-0.2, 0) is 4.79 Å². The summed E-state index contributed by atoms with van der Waals surface area (Å²) in [5.41, 5.74) is 0.816. The predicted octanol–water partition coefficient (Wildman–Crippen LogP) is 3.21. The van der Waals surface area contributed by atoms with E-state index in [0.717, 1.165) is 29.8 Å². The minimum absolute atomic E-state index is 0.0334. The standard InChI is InChI=1S/C15H15FN2OS/c1-10-9-18(13-7-5-12(16)6-8-13)15(20-10)17-14(19)11-3-2-4-11/h5-9,11H,2-4H2,1H3/b17-15-. The Hall–Kier alpha value is -1.75. The van der Waals surface area contributed by atoms with Crippen molar-refractivity contribution in [2.24, 2.45) is 10.9 Å². The molecule has 3 nitrogen and oxygen atoms in total. The number of aromatic nitrogens is 1. The minimum Gasteiger partial charge on any atom is -0.292 e. The fourth-order valence-corrected chi connectivity index (χ4v) is 3.00. The summed E-state index contributed by atoms with van der Waals surface area (Å²) in [6.45, 7) is 1.97. The lowest BCUT2D eigenvalue weighted by atomic mass is 9.85. The minimum atomic E-state index is -0.273. The number of carbonyl (C=O) groups is 1. The molecule has 2 aromatic rings. The molecule has 1 heterocycles. The highest BCUT2D eigenvalue weighted by Gasteiger charge is 2.24. The lowest BCUT2D eigenvalue weighted by molar-refractivity contribution is -0.124. The van der Waals surface area contributed by atoms with E-state index < -0.39 is 0 Å². The number of halogens is 1. The summed E-state index contributed by atoms with van der Waals surface area (Å²) in [7, 11) is 0. The van der Waals surface area contributed by atoms with Crippen molar-refractivity contribution in [3.8, 4) is 5.69 Å². The fourth-order valence-electron chi connectivity index (χ4n) is 2.16. The largest absolute Gasteiger partial charge is 0.292 e. The van der Waals surface area contributed by atoms with Crippen molar-refractivity contribution in [3.63, 3.8) is 0 Å². The molecule has 0 bridgehead atoms. The third kappa shape index (κ3) is 2.58. The van der Waals surface area contributed by atoms with Crippen molar-refractivity contribution in [1.29, 1.82) is 0 Å². The summed E-state index contributed by atoms with van der Waals surface area (Å²) in [6.07, 6.45) is 4.94. The fraction of sp³-hybridized carbons (Fsp3) is 0.333. The van der Waals surface area contributed by atoms with Crippen molar-refractivity contribution < 1.29 is 9.18 Å². The van der Waals surface area contributed by atoms with Gasteiger partial charge in [0.25, 0.3) is 5.91 Å². The molecule has 20 heavy (non-hydrogen) atoms. The van der Waals surface area contributed by atoms with Gasteiger partial charge in [-0.1, -0.05) is 6.42 Å². The number of benzene rings is 1. The van der Waals surface area contributed by atoms with E-state index in [1.807, 2.05) is 17.7 Å². The Balaban J connectivity index is 2.01. The molecule has 1 aliphatic rings. The first-order valence-corrected chi connectivity index (χ1v) is 7.49. The van der Waals surface area contributed by atoms with Gasteiger partial charge in [-0.05, 0) is 44.0 Å². The van der Waals surface area contributed by atoms with Crippen molar-refractivity contribution in [1.82, 2.24) is 4.57 Å². The molecule has 1 aromatic heterocycles. The molecule has 0 spiro atoms. The second-order valence-electron chi connectivity index (χ2n) is 5.05. The number of hydrogen-bond donors (Lipinski definition) is 0. The Labute approximate surface area is 120 Å². The molecular formula is C15H15FN2OS. The van der Waals surface area contributed by atoms with Gasteiger partial charge in [0.1, 0.15) is 5.82 Å². The van der Waals surface area contributed by atoms with Crippen LogP contribution in [0.4, 0.5) is 4.39 Å². The van der Waals surface area contributed by atoms with Gasteiger partial charge in [0.15, 0.2) is 4.80 Å². The van der Waals surface area contributed by atoms with Crippen molar-refractivity contribution in [2.45, 2.75) is 26.2 Å². The average Bonchev–Trinajstić information content (AvgIpc) is 2.69. The highest BCUT2D eigenvalue weighted by Crippen LogP contribution is 2.27. The molecule has 5 heteroatoms. The van der Waals surface area contributed by atoms with Crippen LogP contribution < -0.4 is 4.80 Å². The van der Waals surface area contributed by atoms with E-state index in [1.165, 1.54) is 23.5 Å². The van der Waals surface area contributed by atoms with Crippen molar-refractivity contribution >= 4 is 17.2 Å². The maximum atomic E-state index is 13.0. The maximum absolute atomic E-state index is 13.0. The zero-order valence-corrected chi connectivity index (χ0v) is 12.0. The number of hydrogen-bond acceptors (Lipinski definition) is 2. The highest BCUT2D eigenvalue weighted by molar-refractivity contribution is 7.09. The first kappa shape index (κ1) is 13.2. The molecule has 1 fully saturated rings. The SMILES string of the molecule is Cc1cn(-c2ccc(F)cc2)/c(=N/C(=O)C2CCC2)s1. The number of carbonyl (C=O) groups excluding carboxylic acids is 1. The van der Waals surface area contributed by atoms with Crippen LogP contribution in [0, 0.1) is 18.7 Å². The average molecular weight is 290 g/mol. The third-order valence-corrected chi connectivity index (χ3v) is 4.43. The lowest BCUT2D eigenvalue weighted by Crippen LogP contribution is -2.23. The first-order valence-electron chi connectivity index (χ1n) is 6.67.